The van der Waals surface area contributed by atoms with Crippen LogP contribution in [0, 0.1) is 0 Å². The molecule has 0 spiro atoms. The van der Waals surface area contributed by atoms with Gasteiger partial charge in [0.05, 0.1) is 10.9 Å². The summed E-state index contributed by atoms with van der Waals surface area (Å²) in [6.07, 6.45) is 0. The number of hydroxylamine groups is 1. The van der Waals surface area contributed by atoms with E-state index in [0.717, 1.165) is 22.5 Å². The van der Waals surface area contributed by atoms with E-state index in [1.165, 1.54) is 12.1 Å². The second kappa shape index (κ2) is 5.57. The molecular formula is C16H16N2O3S. The van der Waals surface area contributed by atoms with Gasteiger partial charge in [-0.3, -0.25) is 0 Å². The molecule has 0 bridgehead atoms. The second-order valence-electron chi connectivity index (χ2n) is 5.10. The molecule has 0 saturated heterocycles. The van der Waals surface area contributed by atoms with Crippen LogP contribution in [0.3, 0.4) is 0 Å². The predicted octanol–water partition coefficient (Wildman–Crippen LogP) is 2.34. The van der Waals surface area contributed by atoms with Crippen LogP contribution in [0.15, 0.2) is 65.3 Å². The maximum absolute atomic E-state index is 11.3. The molecule has 1 atom stereocenters. The van der Waals surface area contributed by atoms with Crippen molar-refractivity contribution in [2.75, 3.05) is 0 Å². The van der Waals surface area contributed by atoms with Gasteiger partial charge in [0.25, 0.3) is 0 Å². The van der Waals surface area contributed by atoms with E-state index in [4.69, 9.17) is 9.98 Å². The van der Waals surface area contributed by atoms with Crippen molar-refractivity contribution in [1.29, 1.82) is 0 Å². The summed E-state index contributed by atoms with van der Waals surface area (Å²) in [7, 11) is -3.69. The van der Waals surface area contributed by atoms with Gasteiger partial charge in [-0.2, -0.15) is 0 Å². The van der Waals surface area contributed by atoms with Gasteiger partial charge in [-0.1, -0.05) is 42.5 Å². The molecular weight excluding hydrogens is 300 g/mol. The molecule has 0 aromatic heterocycles. The number of rotatable bonds is 3. The Morgan fingerprint density at radius 2 is 1.68 bits per heavy atom. The van der Waals surface area contributed by atoms with Gasteiger partial charge in [-0.25, -0.2) is 13.6 Å². The minimum atomic E-state index is -3.69. The van der Waals surface area contributed by atoms with Gasteiger partial charge in [0, 0.05) is 5.57 Å². The zero-order chi connectivity index (χ0) is 15.7. The summed E-state index contributed by atoms with van der Waals surface area (Å²) >= 11 is 0. The normalized spacial score (nSPS) is 18.4. The monoisotopic (exact) mass is 316 g/mol. The summed E-state index contributed by atoms with van der Waals surface area (Å²) in [5.74, 6) is 0.761. The van der Waals surface area contributed by atoms with Gasteiger partial charge in [-0.15, -0.1) is 5.48 Å². The third-order valence-electron chi connectivity index (χ3n) is 3.62. The highest BCUT2D eigenvalue weighted by Crippen LogP contribution is 2.37. The van der Waals surface area contributed by atoms with Crippen LogP contribution in [0.5, 0.6) is 0 Å². The highest BCUT2D eigenvalue weighted by molar-refractivity contribution is 7.89. The summed E-state index contributed by atoms with van der Waals surface area (Å²) in [4.78, 5) is 5.57. The fraction of sp³-hybridized carbons (Fsp3) is 0.125. The molecule has 22 heavy (non-hydrogen) atoms. The number of nitrogens with two attached hydrogens (primary N) is 1. The molecule has 0 aliphatic carbocycles. The van der Waals surface area contributed by atoms with Crippen LogP contribution in [-0.2, 0) is 14.9 Å². The van der Waals surface area contributed by atoms with E-state index in [9.17, 15) is 8.42 Å². The standard InChI is InChI=1S/C16H16N2O3S/c1-11-15(12-7-9-14(10-8-12)22(17,19)20)16(18-21-11)13-5-3-2-4-6-13/h2-10,16,18H,1H3,(H2,17,19,20). The van der Waals surface area contributed by atoms with Crippen LogP contribution in [0.2, 0.25) is 0 Å². The lowest BCUT2D eigenvalue weighted by Crippen LogP contribution is -2.15. The van der Waals surface area contributed by atoms with Crippen LogP contribution in [-0.4, -0.2) is 8.42 Å². The zero-order valence-corrected chi connectivity index (χ0v) is 12.8. The largest absolute Gasteiger partial charge is 0.412 e. The number of benzene rings is 2. The molecule has 0 fully saturated rings. The Balaban J connectivity index is 2.00. The van der Waals surface area contributed by atoms with Crippen molar-refractivity contribution in [3.05, 3.63) is 71.5 Å². The summed E-state index contributed by atoms with van der Waals surface area (Å²) in [6.45, 7) is 1.87. The topological polar surface area (TPSA) is 81.4 Å². The number of sulfonamides is 1. The van der Waals surface area contributed by atoms with Crippen molar-refractivity contribution in [1.82, 2.24) is 5.48 Å². The Kier molecular flexibility index (Phi) is 3.74. The fourth-order valence-corrected chi connectivity index (χ4v) is 3.05. The van der Waals surface area contributed by atoms with Crippen molar-refractivity contribution in [3.8, 4) is 0 Å². The van der Waals surface area contributed by atoms with Gasteiger partial charge in [-0.05, 0) is 30.2 Å². The van der Waals surface area contributed by atoms with Crippen molar-refractivity contribution in [3.63, 3.8) is 0 Å². The average molecular weight is 316 g/mol. The van der Waals surface area contributed by atoms with Crippen molar-refractivity contribution >= 4 is 15.6 Å². The van der Waals surface area contributed by atoms with Gasteiger partial charge >= 0.3 is 0 Å². The van der Waals surface area contributed by atoms with Crippen LogP contribution in [0.25, 0.3) is 5.57 Å². The summed E-state index contributed by atoms with van der Waals surface area (Å²) < 4.78 is 22.7. The Hall–Kier alpha value is -2.15. The highest BCUT2D eigenvalue weighted by atomic mass is 32.2. The van der Waals surface area contributed by atoms with E-state index in [-0.39, 0.29) is 10.9 Å². The maximum Gasteiger partial charge on any atom is 0.238 e. The van der Waals surface area contributed by atoms with Crippen molar-refractivity contribution in [2.24, 2.45) is 5.14 Å². The third-order valence-corrected chi connectivity index (χ3v) is 4.55. The molecule has 3 rings (SSSR count). The van der Waals surface area contributed by atoms with Gasteiger partial charge in [0.1, 0.15) is 5.76 Å². The molecule has 3 N–H and O–H groups in total. The average Bonchev–Trinajstić information content (AvgIpc) is 2.89. The zero-order valence-electron chi connectivity index (χ0n) is 12.0. The summed E-state index contributed by atoms with van der Waals surface area (Å²) in [5, 5.41) is 5.13. The molecule has 1 unspecified atom stereocenters. The Bertz CT molecular complexity index is 812. The molecule has 6 heteroatoms. The lowest BCUT2D eigenvalue weighted by molar-refractivity contribution is 0.118. The lowest BCUT2D eigenvalue weighted by Gasteiger charge is -2.14. The Morgan fingerprint density at radius 1 is 1.05 bits per heavy atom. The van der Waals surface area contributed by atoms with E-state index in [1.807, 2.05) is 37.3 Å². The molecule has 1 aliphatic heterocycles. The van der Waals surface area contributed by atoms with Gasteiger partial charge < -0.3 is 4.84 Å². The molecule has 0 radical (unpaired) electrons. The molecule has 114 valence electrons. The predicted molar refractivity (Wildman–Crippen MR) is 83.8 cm³/mol. The molecule has 1 heterocycles. The van der Waals surface area contributed by atoms with E-state index in [0.29, 0.717) is 0 Å². The minimum absolute atomic E-state index is 0.0950. The number of primary sulfonamides is 1. The van der Waals surface area contributed by atoms with Crippen LogP contribution in [0.1, 0.15) is 24.1 Å². The molecule has 2 aromatic carbocycles. The Labute approximate surface area is 129 Å². The Morgan fingerprint density at radius 3 is 2.27 bits per heavy atom. The maximum atomic E-state index is 11.3. The van der Waals surface area contributed by atoms with E-state index in [2.05, 4.69) is 5.48 Å². The number of nitrogens with one attached hydrogen (secondary N) is 1. The first-order chi connectivity index (χ1) is 10.5. The molecule has 5 nitrogen and oxygen atoms in total. The fourth-order valence-electron chi connectivity index (χ4n) is 2.54. The summed E-state index contributed by atoms with van der Waals surface area (Å²) in [5.41, 5.74) is 5.94. The van der Waals surface area contributed by atoms with Crippen LogP contribution < -0.4 is 10.6 Å². The first-order valence-corrected chi connectivity index (χ1v) is 8.33. The molecule has 2 aromatic rings. The van der Waals surface area contributed by atoms with Crippen molar-refractivity contribution in [2.45, 2.75) is 17.9 Å². The quantitative estimate of drug-likeness (QED) is 0.910. The lowest BCUT2D eigenvalue weighted by atomic mass is 9.93. The minimum Gasteiger partial charge on any atom is -0.412 e. The van der Waals surface area contributed by atoms with Crippen LogP contribution in [0.4, 0.5) is 0 Å². The first kappa shape index (κ1) is 14.8. The third kappa shape index (κ3) is 2.76. The SMILES string of the molecule is CC1=C(c2ccc(S(N)(=O)=O)cc2)C(c2ccccc2)NO1. The second-order valence-corrected chi connectivity index (χ2v) is 6.66. The highest BCUT2D eigenvalue weighted by Gasteiger charge is 2.27. The summed E-state index contributed by atoms with van der Waals surface area (Å²) in [6, 6.07) is 16.3. The van der Waals surface area contributed by atoms with Gasteiger partial charge in [0.2, 0.25) is 10.0 Å². The van der Waals surface area contributed by atoms with Crippen LogP contribution >= 0.6 is 0 Å². The molecule has 0 amide bonds. The number of allylic oxidation sites excluding steroid dienone is 1. The van der Waals surface area contributed by atoms with E-state index >= 15 is 0 Å². The van der Waals surface area contributed by atoms with Crippen molar-refractivity contribution < 1.29 is 13.3 Å². The number of hydrogen-bond acceptors (Lipinski definition) is 4. The van der Waals surface area contributed by atoms with E-state index in [1.54, 1.807) is 12.1 Å². The molecule has 1 aliphatic rings. The van der Waals surface area contributed by atoms with Gasteiger partial charge in [0.15, 0.2) is 0 Å². The molecule has 0 saturated carbocycles. The smallest absolute Gasteiger partial charge is 0.238 e. The van der Waals surface area contributed by atoms with E-state index < -0.39 is 10.0 Å². The first-order valence-electron chi connectivity index (χ1n) is 6.78. The number of hydrogen-bond donors (Lipinski definition) is 2.